The van der Waals surface area contributed by atoms with E-state index in [0.29, 0.717) is 0 Å². The van der Waals surface area contributed by atoms with Crippen LogP contribution < -0.4 is 26.0 Å². The third kappa shape index (κ3) is 4.56. The second-order valence-electron chi connectivity index (χ2n) is 15.2. The van der Waals surface area contributed by atoms with Crippen LogP contribution in [-0.2, 0) is 10.8 Å². The number of fused-ring (bicyclic) bond motifs is 5. The van der Waals surface area contributed by atoms with Crippen molar-refractivity contribution in [3.8, 4) is 22.6 Å². The third-order valence-electron chi connectivity index (χ3n) is 9.88. The zero-order valence-electron chi connectivity index (χ0n) is 27.9. The van der Waals surface area contributed by atoms with Gasteiger partial charge in [0.1, 0.15) is 11.5 Å². The van der Waals surface area contributed by atoms with Gasteiger partial charge in [-0.1, -0.05) is 120 Å². The molecule has 0 amide bonds. The minimum Gasteiger partial charge on any atom is -0.458 e. The Labute approximate surface area is 273 Å². The van der Waals surface area contributed by atoms with Crippen LogP contribution in [0.2, 0.25) is 0 Å². The number of nitrogens with zero attached hydrogens (tertiary/aromatic N) is 1. The van der Waals surface area contributed by atoms with Crippen molar-refractivity contribution in [1.82, 2.24) is 0 Å². The molecule has 3 heteroatoms. The van der Waals surface area contributed by atoms with Gasteiger partial charge in [0.2, 0.25) is 0 Å². The zero-order valence-corrected chi connectivity index (χ0v) is 27.9. The van der Waals surface area contributed by atoms with Gasteiger partial charge in [0, 0.05) is 16.9 Å². The Kier molecular flexibility index (Phi) is 6.32. The first-order chi connectivity index (χ1) is 22.0. The summed E-state index contributed by atoms with van der Waals surface area (Å²) >= 11 is 0. The molecular formula is C43H40BNO. The Morgan fingerprint density at radius 3 is 2.02 bits per heavy atom. The Bertz CT molecular complexity index is 2180. The highest BCUT2D eigenvalue weighted by Crippen LogP contribution is 2.46. The van der Waals surface area contributed by atoms with Crippen molar-refractivity contribution in [3.05, 3.63) is 132 Å². The number of hydrogen-bond donors (Lipinski definition) is 0. The second kappa shape index (κ2) is 10.1. The van der Waals surface area contributed by atoms with Gasteiger partial charge in [0.25, 0.3) is 6.71 Å². The van der Waals surface area contributed by atoms with Gasteiger partial charge in [-0.25, -0.2) is 0 Å². The Balaban J connectivity index is 1.44. The van der Waals surface area contributed by atoms with Crippen LogP contribution in [0.15, 0.2) is 115 Å². The first-order valence-corrected chi connectivity index (χ1v) is 16.5. The van der Waals surface area contributed by atoms with Crippen LogP contribution in [0, 0.1) is 6.92 Å². The fourth-order valence-electron chi connectivity index (χ4n) is 7.32. The number of aryl methyl sites for hydroxylation is 1. The normalized spacial score (nSPS) is 13.6. The summed E-state index contributed by atoms with van der Waals surface area (Å²) in [6.45, 7) is 16.1. The molecule has 0 fully saturated rings. The molecule has 46 heavy (non-hydrogen) atoms. The summed E-state index contributed by atoms with van der Waals surface area (Å²) < 4.78 is 6.68. The summed E-state index contributed by atoms with van der Waals surface area (Å²) in [4.78, 5) is 2.50. The molecule has 0 saturated carbocycles. The van der Waals surface area contributed by atoms with E-state index in [1.165, 1.54) is 72.0 Å². The van der Waals surface area contributed by atoms with Crippen LogP contribution in [0.4, 0.5) is 17.1 Å². The zero-order chi connectivity index (χ0) is 32.0. The van der Waals surface area contributed by atoms with Crippen LogP contribution >= 0.6 is 0 Å². The van der Waals surface area contributed by atoms with E-state index in [1.54, 1.807) is 0 Å². The van der Waals surface area contributed by atoms with Gasteiger partial charge >= 0.3 is 0 Å². The van der Waals surface area contributed by atoms with Crippen LogP contribution in [-0.4, -0.2) is 6.71 Å². The van der Waals surface area contributed by atoms with E-state index in [9.17, 15) is 0 Å². The van der Waals surface area contributed by atoms with Crippen LogP contribution in [0.1, 0.15) is 58.2 Å². The van der Waals surface area contributed by atoms with Crippen molar-refractivity contribution in [2.24, 2.45) is 0 Å². The molecule has 0 aliphatic carbocycles. The molecule has 2 aliphatic rings. The van der Waals surface area contributed by atoms with Crippen molar-refractivity contribution in [1.29, 1.82) is 0 Å². The Hall–Kier alpha value is -4.76. The molecule has 0 saturated heterocycles. The van der Waals surface area contributed by atoms with E-state index in [1.807, 2.05) is 0 Å². The largest absolute Gasteiger partial charge is 0.458 e. The highest BCUT2D eigenvalue weighted by molar-refractivity contribution is 6.99. The first-order valence-electron chi connectivity index (χ1n) is 16.5. The fourth-order valence-corrected chi connectivity index (χ4v) is 7.32. The summed E-state index contributed by atoms with van der Waals surface area (Å²) in [7, 11) is 0. The Morgan fingerprint density at radius 2 is 1.26 bits per heavy atom. The van der Waals surface area contributed by atoms with Gasteiger partial charge in [-0.15, -0.1) is 0 Å². The average Bonchev–Trinajstić information content (AvgIpc) is 3.03. The number of benzene rings is 6. The lowest BCUT2D eigenvalue weighted by molar-refractivity contribution is 0.487. The average molecular weight is 598 g/mol. The molecule has 0 aromatic heterocycles. The van der Waals surface area contributed by atoms with Crippen molar-refractivity contribution in [2.45, 2.75) is 59.3 Å². The van der Waals surface area contributed by atoms with E-state index < -0.39 is 0 Å². The predicted octanol–water partition coefficient (Wildman–Crippen LogP) is 9.82. The quantitative estimate of drug-likeness (QED) is 0.184. The molecular weight excluding hydrogens is 557 g/mol. The van der Waals surface area contributed by atoms with Gasteiger partial charge in [0.15, 0.2) is 0 Å². The van der Waals surface area contributed by atoms with Crippen molar-refractivity contribution < 1.29 is 4.74 Å². The summed E-state index contributed by atoms with van der Waals surface area (Å²) in [5.41, 5.74) is 13.8. The highest BCUT2D eigenvalue weighted by Gasteiger charge is 2.42. The molecule has 6 aromatic carbocycles. The third-order valence-corrected chi connectivity index (χ3v) is 9.88. The van der Waals surface area contributed by atoms with Gasteiger partial charge in [0.05, 0.1) is 5.69 Å². The van der Waals surface area contributed by atoms with Gasteiger partial charge in [-0.2, -0.15) is 0 Å². The maximum Gasteiger partial charge on any atom is 0.256 e. The lowest BCUT2D eigenvalue weighted by Crippen LogP contribution is -2.59. The number of anilines is 3. The first kappa shape index (κ1) is 28.7. The van der Waals surface area contributed by atoms with Crippen LogP contribution in [0.3, 0.4) is 0 Å². The molecule has 6 aromatic rings. The molecule has 2 heterocycles. The Morgan fingerprint density at radius 1 is 0.543 bits per heavy atom. The molecule has 2 nitrogen and oxygen atoms in total. The molecule has 2 aliphatic heterocycles. The van der Waals surface area contributed by atoms with E-state index in [0.717, 1.165) is 11.5 Å². The molecule has 0 radical (unpaired) electrons. The van der Waals surface area contributed by atoms with Crippen LogP contribution in [0.25, 0.3) is 21.9 Å². The van der Waals surface area contributed by atoms with Crippen molar-refractivity contribution in [3.63, 3.8) is 0 Å². The SMILES string of the molecule is Cc1ccc2c(c1)B1c3cc(C(C)(C)C)ccc3N(c3ccc(C(C)(C)C)cc3-c3ccc4ccccc4c3)c3cccc(c31)O2. The molecule has 226 valence electrons. The van der Waals surface area contributed by atoms with Crippen molar-refractivity contribution in [2.75, 3.05) is 4.90 Å². The molecule has 0 bridgehead atoms. The van der Waals surface area contributed by atoms with E-state index in [-0.39, 0.29) is 17.5 Å². The summed E-state index contributed by atoms with van der Waals surface area (Å²) in [6.07, 6.45) is 0. The number of ether oxygens (including phenoxy) is 1. The molecule has 8 rings (SSSR count). The summed E-state index contributed by atoms with van der Waals surface area (Å²) in [5, 5.41) is 2.50. The van der Waals surface area contributed by atoms with Gasteiger partial charge in [-0.05, 0) is 104 Å². The minimum atomic E-state index is 0.0119. The van der Waals surface area contributed by atoms with Gasteiger partial charge in [-0.3, -0.25) is 0 Å². The lowest BCUT2D eigenvalue weighted by Gasteiger charge is -2.41. The van der Waals surface area contributed by atoms with Crippen molar-refractivity contribution >= 4 is 50.9 Å². The molecule has 0 N–H and O–H groups in total. The maximum atomic E-state index is 6.68. The smallest absolute Gasteiger partial charge is 0.256 e. The fraction of sp³-hybridized carbons (Fsp3) is 0.209. The van der Waals surface area contributed by atoms with E-state index in [4.69, 9.17) is 4.74 Å². The van der Waals surface area contributed by atoms with E-state index in [2.05, 4.69) is 169 Å². The topological polar surface area (TPSA) is 12.5 Å². The lowest BCUT2D eigenvalue weighted by atomic mass is 9.34. The predicted molar refractivity (Wildman–Crippen MR) is 197 cm³/mol. The minimum absolute atomic E-state index is 0.0119. The molecule has 0 atom stereocenters. The molecule has 0 unspecified atom stereocenters. The highest BCUT2D eigenvalue weighted by atomic mass is 16.5. The summed E-state index contributed by atoms with van der Waals surface area (Å²) in [5.74, 6) is 1.89. The summed E-state index contributed by atoms with van der Waals surface area (Å²) in [6, 6.07) is 42.9. The number of hydrogen-bond acceptors (Lipinski definition) is 2. The standard InChI is InChI=1S/C43H40BNO/c1-27-15-22-39-35(23-27)44-34-26-32(43(5,6)7)19-21-37(34)45(38-13-10-14-40(46-39)41(38)44)36-20-18-31(42(2,3)4)25-33(36)30-17-16-28-11-8-9-12-29(28)24-30/h8-26H,1-7H3. The van der Waals surface area contributed by atoms with E-state index >= 15 is 0 Å². The molecule has 0 spiro atoms. The monoisotopic (exact) mass is 597 g/mol. The van der Waals surface area contributed by atoms with Gasteiger partial charge < -0.3 is 9.64 Å². The maximum absolute atomic E-state index is 6.68. The second-order valence-corrected chi connectivity index (χ2v) is 15.2. The van der Waals surface area contributed by atoms with Crippen LogP contribution in [0.5, 0.6) is 11.5 Å². The number of rotatable bonds is 2.